The maximum Gasteiger partial charge on any atom is 0.275 e. The number of benzene rings is 1. The first-order chi connectivity index (χ1) is 10.6. The number of halogens is 1. The summed E-state index contributed by atoms with van der Waals surface area (Å²) in [6.45, 7) is 2.87. The number of ether oxygens (including phenoxy) is 1. The van der Waals surface area contributed by atoms with Crippen LogP contribution < -0.4 is 15.4 Å². The summed E-state index contributed by atoms with van der Waals surface area (Å²) in [7, 11) is 1.53. The van der Waals surface area contributed by atoms with Gasteiger partial charge in [0.05, 0.1) is 24.5 Å². The molecule has 0 radical (unpaired) electrons. The van der Waals surface area contributed by atoms with Crippen molar-refractivity contribution in [3.63, 3.8) is 0 Å². The van der Waals surface area contributed by atoms with Crippen molar-refractivity contribution in [3.8, 4) is 5.75 Å². The predicted molar refractivity (Wildman–Crippen MR) is 86.8 cm³/mol. The number of nitrogens with zero attached hydrogens (tertiary/aromatic N) is 2. The maximum absolute atomic E-state index is 12.1. The van der Waals surface area contributed by atoms with Gasteiger partial charge in [0.25, 0.3) is 5.91 Å². The Morgan fingerprint density at radius 3 is 2.73 bits per heavy atom. The number of aromatic nitrogens is 2. The SMILES string of the molecule is CCCNc1cnc(C(=O)Nc2ccc(OC)c(Cl)c2)cn1. The van der Waals surface area contributed by atoms with E-state index in [1.54, 1.807) is 18.2 Å². The molecule has 0 aliphatic carbocycles. The van der Waals surface area contributed by atoms with Gasteiger partial charge in [-0.05, 0) is 24.6 Å². The standard InChI is InChI=1S/C15H17ClN4O2/c1-3-6-17-14-9-18-12(8-19-14)15(21)20-10-4-5-13(22-2)11(16)7-10/h4-5,7-9H,3,6H2,1-2H3,(H,17,19)(H,20,21). The van der Waals surface area contributed by atoms with Gasteiger partial charge in [-0.1, -0.05) is 18.5 Å². The molecule has 2 aromatic rings. The summed E-state index contributed by atoms with van der Waals surface area (Å²) >= 11 is 6.02. The lowest BCUT2D eigenvalue weighted by molar-refractivity contribution is 0.102. The molecule has 22 heavy (non-hydrogen) atoms. The van der Waals surface area contributed by atoms with Gasteiger partial charge in [-0.3, -0.25) is 4.79 Å². The van der Waals surface area contributed by atoms with Crippen LogP contribution in [-0.2, 0) is 0 Å². The van der Waals surface area contributed by atoms with Gasteiger partial charge < -0.3 is 15.4 Å². The number of anilines is 2. The average Bonchev–Trinajstić information content (AvgIpc) is 2.53. The Balaban J connectivity index is 2.04. The van der Waals surface area contributed by atoms with Crippen molar-refractivity contribution >= 4 is 29.0 Å². The van der Waals surface area contributed by atoms with E-state index in [0.29, 0.717) is 22.3 Å². The van der Waals surface area contributed by atoms with Gasteiger partial charge in [0.15, 0.2) is 0 Å². The van der Waals surface area contributed by atoms with E-state index < -0.39 is 0 Å². The molecule has 1 amide bonds. The molecule has 0 saturated carbocycles. The van der Waals surface area contributed by atoms with E-state index in [4.69, 9.17) is 16.3 Å². The fourth-order valence-electron chi connectivity index (χ4n) is 1.73. The minimum Gasteiger partial charge on any atom is -0.495 e. The Bertz CT molecular complexity index is 646. The molecule has 0 aliphatic rings. The molecule has 116 valence electrons. The monoisotopic (exact) mass is 320 g/mol. The third-order valence-corrected chi connectivity index (χ3v) is 3.15. The lowest BCUT2D eigenvalue weighted by Gasteiger charge is -2.08. The lowest BCUT2D eigenvalue weighted by Crippen LogP contribution is -2.14. The van der Waals surface area contributed by atoms with Crippen LogP contribution >= 0.6 is 11.6 Å². The normalized spacial score (nSPS) is 10.1. The van der Waals surface area contributed by atoms with Crippen molar-refractivity contribution in [1.82, 2.24) is 9.97 Å². The van der Waals surface area contributed by atoms with Crippen molar-refractivity contribution in [2.45, 2.75) is 13.3 Å². The molecular weight excluding hydrogens is 304 g/mol. The molecule has 0 spiro atoms. The molecule has 0 unspecified atom stereocenters. The second kappa shape index (κ2) is 7.61. The average molecular weight is 321 g/mol. The molecule has 0 bridgehead atoms. The topological polar surface area (TPSA) is 76.1 Å². The summed E-state index contributed by atoms with van der Waals surface area (Å²) in [5, 5.41) is 6.23. The first-order valence-corrected chi connectivity index (χ1v) is 7.22. The van der Waals surface area contributed by atoms with Crippen molar-refractivity contribution in [3.05, 3.63) is 41.3 Å². The second-order valence-corrected chi connectivity index (χ2v) is 4.92. The zero-order chi connectivity index (χ0) is 15.9. The van der Waals surface area contributed by atoms with Gasteiger partial charge in [-0.25, -0.2) is 9.97 Å². The summed E-state index contributed by atoms with van der Waals surface area (Å²) in [5.74, 6) is 0.840. The number of carbonyl (C=O) groups excluding carboxylic acids is 1. The van der Waals surface area contributed by atoms with Crippen LogP contribution in [0.25, 0.3) is 0 Å². The van der Waals surface area contributed by atoms with E-state index >= 15 is 0 Å². The van der Waals surface area contributed by atoms with Crippen molar-refractivity contribution < 1.29 is 9.53 Å². The smallest absolute Gasteiger partial charge is 0.275 e. The zero-order valence-corrected chi connectivity index (χ0v) is 13.1. The summed E-state index contributed by atoms with van der Waals surface area (Å²) in [4.78, 5) is 20.3. The number of carbonyl (C=O) groups is 1. The summed E-state index contributed by atoms with van der Waals surface area (Å²) < 4.78 is 5.06. The highest BCUT2D eigenvalue weighted by Gasteiger charge is 2.10. The molecule has 2 rings (SSSR count). The Kier molecular flexibility index (Phi) is 5.55. The molecule has 7 heteroatoms. The molecule has 1 aromatic heterocycles. The first-order valence-electron chi connectivity index (χ1n) is 6.85. The Morgan fingerprint density at radius 2 is 2.14 bits per heavy atom. The number of amides is 1. The third kappa shape index (κ3) is 4.08. The van der Waals surface area contributed by atoms with Gasteiger partial charge in [-0.15, -0.1) is 0 Å². The van der Waals surface area contributed by atoms with Crippen LogP contribution in [0.2, 0.25) is 5.02 Å². The highest BCUT2D eigenvalue weighted by atomic mass is 35.5. The fourth-order valence-corrected chi connectivity index (χ4v) is 1.99. The molecule has 0 fully saturated rings. The zero-order valence-electron chi connectivity index (χ0n) is 12.4. The van der Waals surface area contributed by atoms with E-state index in [2.05, 4.69) is 27.5 Å². The predicted octanol–water partition coefficient (Wildman–Crippen LogP) is 3.21. The molecule has 0 atom stereocenters. The molecular formula is C15H17ClN4O2. The number of methoxy groups -OCH3 is 1. The van der Waals surface area contributed by atoms with Gasteiger partial charge in [0, 0.05) is 12.2 Å². The van der Waals surface area contributed by atoms with E-state index in [-0.39, 0.29) is 11.6 Å². The number of rotatable bonds is 6. The molecule has 0 saturated heterocycles. The Morgan fingerprint density at radius 1 is 1.32 bits per heavy atom. The number of nitrogens with one attached hydrogen (secondary N) is 2. The van der Waals surface area contributed by atoms with Crippen LogP contribution in [0.5, 0.6) is 5.75 Å². The molecule has 1 aromatic carbocycles. The third-order valence-electron chi connectivity index (χ3n) is 2.85. The molecule has 1 heterocycles. The van der Waals surface area contributed by atoms with Gasteiger partial charge in [0.2, 0.25) is 0 Å². The molecule has 2 N–H and O–H groups in total. The van der Waals surface area contributed by atoms with Crippen LogP contribution in [0.4, 0.5) is 11.5 Å². The van der Waals surface area contributed by atoms with Crippen LogP contribution in [0, 0.1) is 0 Å². The summed E-state index contributed by atoms with van der Waals surface area (Å²) in [6, 6.07) is 5.00. The van der Waals surface area contributed by atoms with Crippen molar-refractivity contribution in [1.29, 1.82) is 0 Å². The summed E-state index contributed by atoms with van der Waals surface area (Å²) in [5.41, 5.74) is 0.791. The Labute approximate surface area is 133 Å². The minimum atomic E-state index is -0.351. The Hall–Kier alpha value is -2.34. The summed E-state index contributed by atoms with van der Waals surface area (Å²) in [6.07, 6.45) is 3.95. The van der Waals surface area contributed by atoms with Crippen LogP contribution in [-0.4, -0.2) is 29.5 Å². The largest absolute Gasteiger partial charge is 0.495 e. The quantitative estimate of drug-likeness (QED) is 0.854. The molecule has 6 nitrogen and oxygen atoms in total. The number of hydrogen-bond donors (Lipinski definition) is 2. The van der Waals surface area contributed by atoms with E-state index in [1.807, 2.05) is 0 Å². The van der Waals surface area contributed by atoms with Crippen LogP contribution in [0.3, 0.4) is 0 Å². The van der Waals surface area contributed by atoms with Gasteiger partial charge >= 0.3 is 0 Å². The number of hydrogen-bond acceptors (Lipinski definition) is 5. The van der Waals surface area contributed by atoms with E-state index in [1.165, 1.54) is 19.5 Å². The fraction of sp³-hybridized carbons (Fsp3) is 0.267. The molecule has 0 aliphatic heterocycles. The van der Waals surface area contributed by atoms with Crippen molar-refractivity contribution in [2.75, 3.05) is 24.3 Å². The lowest BCUT2D eigenvalue weighted by atomic mass is 10.3. The second-order valence-electron chi connectivity index (χ2n) is 4.52. The first kappa shape index (κ1) is 16.0. The van der Waals surface area contributed by atoms with Gasteiger partial charge in [0.1, 0.15) is 17.3 Å². The van der Waals surface area contributed by atoms with E-state index in [9.17, 15) is 4.79 Å². The maximum atomic E-state index is 12.1. The van der Waals surface area contributed by atoms with E-state index in [0.717, 1.165) is 13.0 Å². The van der Waals surface area contributed by atoms with Crippen LogP contribution in [0.15, 0.2) is 30.6 Å². The van der Waals surface area contributed by atoms with Gasteiger partial charge in [-0.2, -0.15) is 0 Å². The van der Waals surface area contributed by atoms with Crippen LogP contribution in [0.1, 0.15) is 23.8 Å². The van der Waals surface area contributed by atoms with Crippen molar-refractivity contribution in [2.24, 2.45) is 0 Å². The highest BCUT2D eigenvalue weighted by molar-refractivity contribution is 6.32. The minimum absolute atomic E-state index is 0.231. The highest BCUT2D eigenvalue weighted by Crippen LogP contribution is 2.27.